The maximum absolute atomic E-state index is 13.2. The first kappa shape index (κ1) is 18.1. The lowest BCUT2D eigenvalue weighted by molar-refractivity contribution is -0.126. The summed E-state index contributed by atoms with van der Waals surface area (Å²) in [5.74, 6) is -0.713. The number of hydrogen-bond acceptors (Lipinski definition) is 3. The van der Waals surface area contributed by atoms with Gasteiger partial charge in [-0.3, -0.25) is 9.59 Å². The lowest BCUT2D eigenvalue weighted by atomic mass is 9.96. The number of halogens is 1. The molecule has 0 saturated carbocycles. The predicted molar refractivity (Wildman–Crippen MR) is 96.9 cm³/mol. The van der Waals surface area contributed by atoms with Gasteiger partial charge in [-0.25, -0.2) is 4.39 Å². The van der Waals surface area contributed by atoms with Gasteiger partial charge in [-0.2, -0.15) is 0 Å². The predicted octanol–water partition coefficient (Wildman–Crippen LogP) is 1.75. The summed E-state index contributed by atoms with van der Waals surface area (Å²) in [6, 6.07) is 6.04. The molecule has 4 N–H and O–H groups in total. The summed E-state index contributed by atoms with van der Waals surface area (Å²) < 4.78 is 13.2. The fraction of sp³-hybridized carbons (Fsp3) is 0.368. The van der Waals surface area contributed by atoms with Crippen molar-refractivity contribution in [3.8, 4) is 11.1 Å². The number of carbonyl (C=O) groups excluding carboxylic acids is 2. The van der Waals surface area contributed by atoms with Crippen LogP contribution >= 0.6 is 0 Å². The van der Waals surface area contributed by atoms with Gasteiger partial charge in [0, 0.05) is 44.1 Å². The SMILES string of the molecule is NCCNC(=O)C1CCCN(C(=O)c2c[nH]cc2-c2ccc(F)cc2)C1. The maximum Gasteiger partial charge on any atom is 0.256 e. The molecule has 7 heteroatoms. The molecular weight excluding hydrogens is 335 g/mol. The highest BCUT2D eigenvalue weighted by molar-refractivity contribution is 6.01. The molecule has 2 aromatic rings. The van der Waals surface area contributed by atoms with Gasteiger partial charge in [-0.05, 0) is 30.5 Å². The molecule has 1 aromatic heterocycles. The molecule has 0 aliphatic carbocycles. The Bertz CT molecular complexity index is 772. The molecule has 1 atom stereocenters. The van der Waals surface area contributed by atoms with Gasteiger partial charge in [0.25, 0.3) is 5.91 Å². The number of hydrogen-bond donors (Lipinski definition) is 3. The zero-order chi connectivity index (χ0) is 18.5. The van der Waals surface area contributed by atoms with Gasteiger partial charge in [0.05, 0.1) is 11.5 Å². The molecule has 1 saturated heterocycles. The number of nitrogens with zero attached hydrogens (tertiary/aromatic N) is 1. The van der Waals surface area contributed by atoms with Crippen LogP contribution in [0.3, 0.4) is 0 Å². The fourth-order valence-corrected chi connectivity index (χ4v) is 3.29. The smallest absolute Gasteiger partial charge is 0.256 e. The van der Waals surface area contributed by atoms with E-state index in [1.807, 2.05) is 0 Å². The van der Waals surface area contributed by atoms with Crippen molar-refractivity contribution < 1.29 is 14.0 Å². The van der Waals surface area contributed by atoms with Gasteiger partial charge in [-0.15, -0.1) is 0 Å². The molecule has 2 heterocycles. The van der Waals surface area contributed by atoms with Crippen molar-refractivity contribution in [2.45, 2.75) is 12.8 Å². The topological polar surface area (TPSA) is 91.2 Å². The van der Waals surface area contributed by atoms with Crippen LogP contribution in [0.5, 0.6) is 0 Å². The minimum atomic E-state index is -0.320. The second-order valence-corrected chi connectivity index (χ2v) is 6.46. The van der Waals surface area contributed by atoms with Crippen molar-refractivity contribution in [3.63, 3.8) is 0 Å². The van der Waals surface area contributed by atoms with E-state index in [2.05, 4.69) is 10.3 Å². The van der Waals surface area contributed by atoms with Crippen LogP contribution in [0.15, 0.2) is 36.7 Å². The summed E-state index contributed by atoms with van der Waals surface area (Å²) in [5, 5.41) is 2.80. The van der Waals surface area contributed by atoms with Crippen molar-refractivity contribution in [2.75, 3.05) is 26.2 Å². The van der Waals surface area contributed by atoms with Crippen LogP contribution in [-0.4, -0.2) is 47.9 Å². The van der Waals surface area contributed by atoms with E-state index in [0.717, 1.165) is 24.0 Å². The Morgan fingerprint density at radius 3 is 2.77 bits per heavy atom. The molecule has 0 spiro atoms. The molecule has 138 valence electrons. The van der Waals surface area contributed by atoms with Crippen LogP contribution in [0.2, 0.25) is 0 Å². The zero-order valence-corrected chi connectivity index (χ0v) is 14.5. The van der Waals surface area contributed by atoms with E-state index in [0.29, 0.717) is 31.7 Å². The largest absolute Gasteiger partial charge is 0.366 e. The fourth-order valence-electron chi connectivity index (χ4n) is 3.29. The van der Waals surface area contributed by atoms with E-state index in [4.69, 9.17) is 5.73 Å². The second kappa shape index (κ2) is 8.14. The number of aromatic nitrogens is 1. The Balaban J connectivity index is 1.74. The number of carbonyl (C=O) groups is 2. The number of amides is 2. The normalized spacial score (nSPS) is 17.2. The summed E-state index contributed by atoms with van der Waals surface area (Å²) in [4.78, 5) is 29.8. The summed E-state index contributed by atoms with van der Waals surface area (Å²) in [6.07, 6.45) is 4.93. The van der Waals surface area contributed by atoms with E-state index < -0.39 is 0 Å². The van der Waals surface area contributed by atoms with Crippen molar-refractivity contribution in [1.29, 1.82) is 0 Å². The Morgan fingerprint density at radius 2 is 2.04 bits per heavy atom. The van der Waals surface area contributed by atoms with Crippen molar-refractivity contribution >= 4 is 11.8 Å². The minimum Gasteiger partial charge on any atom is -0.366 e. The summed E-state index contributed by atoms with van der Waals surface area (Å²) >= 11 is 0. The maximum atomic E-state index is 13.2. The van der Waals surface area contributed by atoms with Crippen LogP contribution in [0, 0.1) is 11.7 Å². The van der Waals surface area contributed by atoms with Crippen LogP contribution in [0.4, 0.5) is 4.39 Å². The number of H-pyrrole nitrogens is 1. The van der Waals surface area contributed by atoms with Crippen molar-refractivity contribution in [2.24, 2.45) is 11.7 Å². The highest BCUT2D eigenvalue weighted by Crippen LogP contribution is 2.27. The zero-order valence-electron chi connectivity index (χ0n) is 14.5. The summed E-state index contributed by atoms with van der Waals surface area (Å²) in [6.45, 7) is 1.85. The lowest BCUT2D eigenvalue weighted by Gasteiger charge is -2.32. The van der Waals surface area contributed by atoms with Gasteiger partial charge < -0.3 is 20.9 Å². The first-order valence-electron chi connectivity index (χ1n) is 8.80. The average molecular weight is 358 g/mol. The van der Waals surface area contributed by atoms with E-state index in [9.17, 15) is 14.0 Å². The highest BCUT2D eigenvalue weighted by atomic mass is 19.1. The van der Waals surface area contributed by atoms with Gasteiger partial charge in [0.15, 0.2) is 0 Å². The quantitative estimate of drug-likeness (QED) is 0.760. The number of aromatic amines is 1. The highest BCUT2D eigenvalue weighted by Gasteiger charge is 2.30. The molecule has 1 fully saturated rings. The molecule has 3 rings (SSSR count). The van der Waals surface area contributed by atoms with Crippen LogP contribution in [0.25, 0.3) is 11.1 Å². The molecule has 0 radical (unpaired) electrons. The minimum absolute atomic E-state index is 0.0548. The number of likely N-dealkylation sites (tertiary alicyclic amines) is 1. The Labute approximate surface area is 151 Å². The molecule has 0 bridgehead atoms. The molecule has 6 nitrogen and oxygen atoms in total. The third kappa shape index (κ3) is 3.94. The molecule has 26 heavy (non-hydrogen) atoms. The molecule has 2 amide bonds. The van der Waals surface area contributed by atoms with E-state index >= 15 is 0 Å². The summed E-state index contributed by atoms with van der Waals surface area (Å²) in [7, 11) is 0. The molecule has 1 aliphatic heterocycles. The van der Waals surface area contributed by atoms with Crippen LogP contribution in [0.1, 0.15) is 23.2 Å². The number of rotatable bonds is 5. The van der Waals surface area contributed by atoms with Crippen LogP contribution < -0.4 is 11.1 Å². The van der Waals surface area contributed by atoms with Crippen LogP contribution in [-0.2, 0) is 4.79 Å². The second-order valence-electron chi connectivity index (χ2n) is 6.46. The van der Waals surface area contributed by atoms with E-state index in [1.165, 1.54) is 12.1 Å². The van der Waals surface area contributed by atoms with E-state index in [-0.39, 0.29) is 23.5 Å². The van der Waals surface area contributed by atoms with E-state index in [1.54, 1.807) is 29.4 Å². The van der Waals surface area contributed by atoms with Crippen molar-refractivity contribution in [3.05, 3.63) is 48.0 Å². The van der Waals surface area contributed by atoms with Gasteiger partial charge in [0.1, 0.15) is 5.82 Å². The van der Waals surface area contributed by atoms with Gasteiger partial charge >= 0.3 is 0 Å². The Morgan fingerprint density at radius 1 is 1.27 bits per heavy atom. The third-order valence-electron chi connectivity index (χ3n) is 4.65. The number of benzene rings is 1. The van der Waals surface area contributed by atoms with Gasteiger partial charge in [-0.1, -0.05) is 12.1 Å². The van der Waals surface area contributed by atoms with Crippen molar-refractivity contribution in [1.82, 2.24) is 15.2 Å². The van der Waals surface area contributed by atoms with Gasteiger partial charge in [0.2, 0.25) is 5.91 Å². The molecule has 1 unspecified atom stereocenters. The first-order chi connectivity index (χ1) is 12.6. The summed E-state index contributed by atoms with van der Waals surface area (Å²) in [5.41, 5.74) is 7.44. The molecular formula is C19H23FN4O2. The average Bonchev–Trinajstić information content (AvgIpc) is 3.16. The number of piperidine rings is 1. The first-order valence-corrected chi connectivity index (χ1v) is 8.80. The third-order valence-corrected chi connectivity index (χ3v) is 4.65. The number of nitrogens with one attached hydrogen (secondary N) is 2. The molecule has 1 aliphatic rings. The standard InChI is InChI=1S/C19H23FN4O2/c20-15-5-3-13(4-6-15)16-10-22-11-17(16)19(26)24-9-1-2-14(12-24)18(25)23-8-7-21/h3-6,10-11,14,22H,1-2,7-9,12,21H2,(H,23,25). The number of nitrogens with two attached hydrogens (primary N) is 1. The Hall–Kier alpha value is -2.67. The monoisotopic (exact) mass is 358 g/mol. The lowest BCUT2D eigenvalue weighted by Crippen LogP contribution is -2.46. The Kier molecular flexibility index (Phi) is 5.68. The molecule has 1 aromatic carbocycles.